The summed E-state index contributed by atoms with van der Waals surface area (Å²) in [5, 5.41) is 14.9. The molecule has 1 fully saturated rings. The van der Waals surface area contributed by atoms with Crippen molar-refractivity contribution in [1.82, 2.24) is 15.5 Å². The fourth-order valence-corrected chi connectivity index (χ4v) is 3.84. The van der Waals surface area contributed by atoms with Gasteiger partial charge < -0.3 is 15.4 Å². The van der Waals surface area contributed by atoms with Gasteiger partial charge in [0.05, 0.1) is 18.0 Å². The van der Waals surface area contributed by atoms with Crippen LogP contribution in [0.3, 0.4) is 0 Å². The highest BCUT2D eigenvalue weighted by Crippen LogP contribution is 2.33. The van der Waals surface area contributed by atoms with Gasteiger partial charge in [-0.2, -0.15) is 0 Å². The summed E-state index contributed by atoms with van der Waals surface area (Å²) in [6.07, 6.45) is 2.18. The third-order valence-corrected chi connectivity index (χ3v) is 5.35. The number of para-hydroxylation sites is 2. The molecule has 0 spiro atoms. The Balaban J connectivity index is 1.60. The Bertz CT molecular complexity index is 688. The molecule has 1 aromatic carbocycles. The second-order valence-corrected chi connectivity index (χ2v) is 7.81. The van der Waals surface area contributed by atoms with Crippen LogP contribution in [0.4, 0.5) is 10.8 Å². The van der Waals surface area contributed by atoms with Crippen LogP contribution >= 0.6 is 23.1 Å². The summed E-state index contributed by atoms with van der Waals surface area (Å²) in [5.74, 6) is 0.807. The molecule has 122 valence electrons. The van der Waals surface area contributed by atoms with Crippen molar-refractivity contribution < 1.29 is 9.53 Å². The van der Waals surface area contributed by atoms with Gasteiger partial charge in [-0.3, -0.25) is 4.79 Å². The van der Waals surface area contributed by atoms with E-state index in [0.29, 0.717) is 11.2 Å². The smallest absolute Gasteiger partial charge is 0.233 e. The van der Waals surface area contributed by atoms with E-state index in [1.807, 2.05) is 31.2 Å². The van der Waals surface area contributed by atoms with Gasteiger partial charge in [-0.05, 0) is 31.9 Å². The van der Waals surface area contributed by atoms with Gasteiger partial charge in [0, 0.05) is 6.04 Å². The third kappa shape index (κ3) is 4.35. The van der Waals surface area contributed by atoms with E-state index in [1.165, 1.54) is 23.1 Å². The summed E-state index contributed by atoms with van der Waals surface area (Å²) in [4.78, 5) is 12.0. The number of methoxy groups -OCH3 is 1. The van der Waals surface area contributed by atoms with E-state index in [2.05, 4.69) is 20.8 Å². The van der Waals surface area contributed by atoms with Gasteiger partial charge >= 0.3 is 0 Å². The molecule has 0 saturated heterocycles. The summed E-state index contributed by atoms with van der Waals surface area (Å²) in [5.41, 5.74) is 0.835. The first-order valence-electron chi connectivity index (χ1n) is 7.36. The summed E-state index contributed by atoms with van der Waals surface area (Å²) < 4.78 is 6.06. The lowest BCUT2D eigenvalue weighted by atomic mass is 10.3. The van der Waals surface area contributed by atoms with Crippen molar-refractivity contribution in [2.45, 2.75) is 35.4 Å². The number of hydrogen-bond donors (Lipinski definition) is 2. The predicted octanol–water partition coefficient (Wildman–Crippen LogP) is 3.05. The van der Waals surface area contributed by atoms with Gasteiger partial charge in [-0.25, -0.2) is 0 Å². The number of nitrogens with one attached hydrogen (secondary N) is 2. The van der Waals surface area contributed by atoms with Crippen molar-refractivity contribution in [2.75, 3.05) is 12.4 Å². The first-order valence-corrected chi connectivity index (χ1v) is 9.06. The predicted molar refractivity (Wildman–Crippen MR) is 92.7 cm³/mol. The van der Waals surface area contributed by atoms with E-state index < -0.39 is 0 Å². The molecular formula is C15H18N4O2S2. The number of carbonyl (C=O) groups is 1. The molecule has 8 heteroatoms. The monoisotopic (exact) mass is 350 g/mol. The fourth-order valence-electron chi connectivity index (χ4n) is 1.92. The first kappa shape index (κ1) is 16.1. The van der Waals surface area contributed by atoms with Gasteiger partial charge in [-0.15, -0.1) is 10.2 Å². The van der Waals surface area contributed by atoms with E-state index in [9.17, 15) is 4.79 Å². The van der Waals surface area contributed by atoms with Gasteiger partial charge in [0.15, 0.2) is 4.34 Å². The van der Waals surface area contributed by atoms with Crippen LogP contribution in [-0.4, -0.2) is 34.5 Å². The fraction of sp³-hybridized carbons (Fsp3) is 0.400. The zero-order chi connectivity index (χ0) is 16.2. The lowest BCUT2D eigenvalue weighted by Crippen LogP contribution is -2.32. The minimum absolute atomic E-state index is 0.0620. The molecular weight excluding hydrogens is 332 g/mol. The van der Waals surface area contributed by atoms with Crippen molar-refractivity contribution in [3.05, 3.63) is 24.3 Å². The number of anilines is 2. The summed E-state index contributed by atoms with van der Waals surface area (Å²) in [7, 11) is 1.63. The van der Waals surface area contributed by atoms with Crippen LogP contribution in [0, 0.1) is 0 Å². The Kier molecular flexibility index (Phi) is 5.02. The van der Waals surface area contributed by atoms with E-state index in [0.717, 1.165) is 28.6 Å². The average molecular weight is 350 g/mol. The molecule has 1 aliphatic carbocycles. The molecule has 0 bridgehead atoms. The molecule has 1 aromatic heterocycles. The van der Waals surface area contributed by atoms with Crippen molar-refractivity contribution >= 4 is 39.8 Å². The molecule has 1 amide bonds. The second kappa shape index (κ2) is 7.18. The van der Waals surface area contributed by atoms with Crippen LogP contribution < -0.4 is 15.4 Å². The zero-order valence-electron chi connectivity index (χ0n) is 12.9. The van der Waals surface area contributed by atoms with Crippen molar-refractivity contribution in [2.24, 2.45) is 0 Å². The van der Waals surface area contributed by atoms with E-state index in [1.54, 1.807) is 7.11 Å². The lowest BCUT2D eigenvalue weighted by molar-refractivity contribution is -0.120. The quantitative estimate of drug-likeness (QED) is 0.748. The summed E-state index contributed by atoms with van der Waals surface area (Å²) >= 11 is 2.85. The van der Waals surface area contributed by atoms with Gasteiger partial charge in [0.25, 0.3) is 0 Å². The van der Waals surface area contributed by atoms with Crippen LogP contribution in [0.2, 0.25) is 0 Å². The number of thioether (sulfide) groups is 1. The van der Waals surface area contributed by atoms with Crippen LogP contribution in [0.5, 0.6) is 5.75 Å². The Morgan fingerprint density at radius 2 is 2.17 bits per heavy atom. The van der Waals surface area contributed by atoms with Crippen LogP contribution in [0.15, 0.2) is 28.6 Å². The van der Waals surface area contributed by atoms with Crippen LogP contribution in [-0.2, 0) is 4.79 Å². The zero-order valence-corrected chi connectivity index (χ0v) is 14.5. The van der Waals surface area contributed by atoms with Gasteiger partial charge in [0.1, 0.15) is 5.75 Å². The normalized spacial score (nSPS) is 15.0. The SMILES string of the molecule is COc1ccccc1Nc1nnc(S[C@H](C)C(=O)NC2CC2)s1. The highest BCUT2D eigenvalue weighted by molar-refractivity contribution is 8.02. The molecule has 1 atom stereocenters. The summed E-state index contributed by atoms with van der Waals surface area (Å²) in [6.45, 7) is 1.89. The largest absolute Gasteiger partial charge is 0.495 e. The molecule has 2 N–H and O–H groups in total. The highest BCUT2D eigenvalue weighted by Gasteiger charge is 2.26. The number of amides is 1. The van der Waals surface area contributed by atoms with Crippen molar-refractivity contribution in [1.29, 1.82) is 0 Å². The van der Waals surface area contributed by atoms with Crippen molar-refractivity contribution in [3.8, 4) is 5.75 Å². The van der Waals surface area contributed by atoms with Crippen LogP contribution in [0.1, 0.15) is 19.8 Å². The maximum Gasteiger partial charge on any atom is 0.233 e. The number of rotatable bonds is 7. The van der Waals surface area contributed by atoms with E-state index in [4.69, 9.17) is 4.74 Å². The molecule has 1 aliphatic rings. The topological polar surface area (TPSA) is 76.1 Å². The molecule has 2 aromatic rings. The second-order valence-electron chi connectivity index (χ2n) is 5.24. The molecule has 23 heavy (non-hydrogen) atoms. The van der Waals surface area contributed by atoms with Gasteiger partial charge in [-0.1, -0.05) is 35.2 Å². The molecule has 1 heterocycles. The molecule has 3 rings (SSSR count). The molecule has 0 aliphatic heterocycles. The van der Waals surface area contributed by atoms with Crippen LogP contribution in [0.25, 0.3) is 0 Å². The number of ether oxygens (including phenoxy) is 1. The standard InChI is InChI=1S/C15H18N4O2S2/c1-9(13(20)16-10-7-8-10)22-15-19-18-14(23-15)17-11-5-3-4-6-12(11)21-2/h3-6,9-10H,7-8H2,1-2H3,(H,16,20)(H,17,18)/t9-/m1/s1. The third-order valence-electron chi connectivity index (χ3n) is 3.33. The Morgan fingerprint density at radius 3 is 2.91 bits per heavy atom. The maximum atomic E-state index is 12.0. The number of benzene rings is 1. The number of nitrogens with zero attached hydrogens (tertiary/aromatic N) is 2. The average Bonchev–Trinajstić information content (AvgIpc) is 3.26. The van der Waals surface area contributed by atoms with Gasteiger partial charge in [0.2, 0.25) is 11.0 Å². The Morgan fingerprint density at radius 1 is 1.39 bits per heavy atom. The molecule has 0 unspecified atom stereocenters. The molecule has 6 nitrogen and oxygen atoms in total. The lowest BCUT2D eigenvalue weighted by Gasteiger charge is -2.09. The molecule has 0 radical (unpaired) electrons. The number of hydrogen-bond acceptors (Lipinski definition) is 7. The van der Waals surface area contributed by atoms with E-state index >= 15 is 0 Å². The Hall–Kier alpha value is -1.80. The highest BCUT2D eigenvalue weighted by atomic mass is 32.2. The maximum absolute atomic E-state index is 12.0. The number of carbonyl (C=O) groups excluding carboxylic acids is 1. The van der Waals surface area contributed by atoms with Crippen molar-refractivity contribution in [3.63, 3.8) is 0 Å². The first-order chi connectivity index (χ1) is 11.2. The minimum atomic E-state index is -0.178. The Labute approximate surface area is 143 Å². The minimum Gasteiger partial charge on any atom is -0.495 e. The summed E-state index contributed by atoms with van der Waals surface area (Å²) in [6, 6.07) is 8.00. The molecule has 1 saturated carbocycles. The van der Waals surface area contributed by atoms with E-state index in [-0.39, 0.29) is 11.2 Å². The number of aromatic nitrogens is 2.